The van der Waals surface area contributed by atoms with Crippen LogP contribution in [0.5, 0.6) is 0 Å². The lowest BCUT2D eigenvalue weighted by molar-refractivity contribution is 0.316. The van der Waals surface area contributed by atoms with E-state index < -0.39 is 15.8 Å². The van der Waals surface area contributed by atoms with E-state index in [0.29, 0.717) is 12.5 Å². The lowest BCUT2D eigenvalue weighted by atomic mass is 9.86. The highest BCUT2D eigenvalue weighted by Gasteiger charge is 2.21. The Labute approximate surface area is 100 Å². The summed E-state index contributed by atoms with van der Waals surface area (Å²) in [6.45, 7) is 0.415. The Balaban J connectivity index is 2.12. The van der Waals surface area contributed by atoms with Crippen LogP contribution in [0, 0.1) is 11.7 Å². The molecule has 1 aliphatic rings. The lowest BCUT2D eigenvalue weighted by Crippen LogP contribution is -2.32. The Morgan fingerprint density at radius 2 is 2.06 bits per heavy atom. The summed E-state index contributed by atoms with van der Waals surface area (Å²) in [7, 11) is -3.65. The van der Waals surface area contributed by atoms with E-state index in [2.05, 4.69) is 4.72 Å². The summed E-state index contributed by atoms with van der Waals surface area (Å²) >= 11 is 0. The van der Waals surface area contributed by atoms with E-state index in [0.717, 1.165) is 31.4 Å². The number of rotatable bonds is 4. The lowest BCUT2D eigenvalue weighted by Gasteiger charge is -2.25. The van der Waals surface area contributed by atoms with Crippen molar-refractivity contribution >= 4 is 15.7 Å². The largest absolute Gasteiger partial charge is 0.399 e. The monoisotopic (exact) mass is 258 g/mol. The van der Waals surface area contributed by atoms with Crippen molar-refractivity contribution in [3.05, 3.63) is 24.0 Å². The van der Waals surface area contributed by atoms with Crippen molar-refractivity contribution in [1.29, 1.82) is 0 Å². The Kier molecular flexibility index (Phi) is 3.35. The third kappa shape index (κ3) is 2.95. The number of hydrogen-bond donors (Lipinski definition) is 2. The number of nitrogens with two attached hydrogens (primary N) is 1. The van der Waals surface area contributed by atoms with Gasteiger partial charge in [-0.1, -0.05) is 6.42 Å². The highest BCUT2D eigenvalue weighted by molar-refractivity contribution is 7.89. The first kappa shape index (κ1) is 12.3. The second-order valence-electron chi connectivity index (χ2n) is 4.37. The maximum Gasteiger partial charge on any atom is 0.240 e. The van der Waals surface area contributed by atoms with Gasteiger partial charge in [-0.3, -0.25) is 0 Å². The molecule has 0 atom stereocenters. The summed E-state index contributed by atoms with van der Waals surface area (Å²) < 4.78 is 39.2. The molecule has 0 aromatic heterocycles. The van der Waals surface area contributed by atoms with Crippen LogP contribution in [0.3, 0.4) is 0 Å². The molecule has 1 fully saturated rings. The summed E-state index contributed by atoms with van der Waals surface area (Å²) in [6.07, 6.45) is 3.25. The number of hydrogen-bond acceptors (Lipinski definition) is 3. The molecule has 1 aromatic carbocycles. The molecule has 1 aromatic rings. The smallest absolute Gasteiger partial charge is 0.240 e. The predicted molar refractivity (Wildman–Crippen MR) is 63.3 cm³/mol. The van der Waals surface area contributed by atoms with Crippen LogP contribution in [-0.2, 0) is 10.0 Å². The zero-order valence-corrected chi connectivity index (χ0v) is 10.1. The molecule has 0 spiro atoms. The minimum absolute atomic E-state index is 0.106. The highest BCUT2D eigenvalue weighted by Crippen LogP contribution is 2.26. The maximum absolute atomic E-state index is 13.1. The van der Waals surface area contributed by atoms with Crippen LogP contribution in [-0.4, -0.2) is 15.0 Å². The van der Waals surface area contributed by atoms with Gasteiger partial charge in [-0.2, -0.15) is 0 Å². The van der Waals surface area contributed by atoms with Crippen molar-refractivity contribution < 1.29 is 12.8 Å². The number of nitrogen functional groups attached to an aromatic ring is 1. The number of anilines is 1. The molecule has 94 valence electrons. The van der Waals surface area contributed by atoms with Gasteiger partial charge in [-0.25, -0.2) is 17.5 Å². The fourth-order valence-corrected chi connectivity index (χ4v) is 2.93. The minimum atomic E-state index is -3.65. The van der Waals surface area contributed by atoms with Crippen molar-refractivity contribution in [3.8, 4) is 0 Å². The van der Waals surface area contributed by atoms with Gasteiger partial charge in [-0.15, -0.1) is 0 Å². The van der Waals surface area contributed by atoms with Crippen LogP contribution < -0.4 is 10.5 Å². The van der Waals surface area contributed by atoms with Gasteiger partial charge in [0.2, 0.25) is 10.0 Å². The molecule has 4 nitrogen and oxygen atoms in total. The maximum atomic E-state index is 13.1. The fraction of sp³-hybridized carbons (Fsp3) is 0.455. The third-order valence-electron chi connectivity index (χ3n) is 2.99. The Hall–Kier alpha value is -1.14. The molecule has 0 aliphatic heterocycles. The molecule has 2 rings (SSSR count). The zero-order chi connectivity index (χ0) is 12.5. The van der Waals surface area contributed by atoms with Crippen molar-refractivity contribution in [2.75, 3.05) is 12.3 Å². The van der Waals surface area contributed by atoms with Crippen molar-refractivity contribution in [1.82, 2.24) is 4.72 Å². The first-order valence-corrected chi connectivity index (χ1v) is 7.01. The molecule has 0 amide bonds. The first-order valence-electron chi connectivity index (χ1n) is 5.53. The van der Waals surface area contributed by atoms with Crippen molar-refractivity contribution in [2.45, 2.75) is 24.2 Å². The number of sulfonamides is 1. The second kappa shape index (κ2) is 4.62. The van der Waals surface area contributed by atoms with E-state index in [9.17, 15) is 12.8 Å². The molecule has 1 aliphatic carbocycles. The van der Waals surface area contributed by atoms with Crippen LogP contribution in [0.1, 0.15) is 19.3 Å². The molecule has 0 heterocycles. The third-order valence-corrected chi connectivity index (χ3v) is 4.39. The first-order chi connectivity index (χ1) is 7.97. The summed E-state index contributed by atoms with van der Waals surface area (Å²) in [5, 5.41) is 0. The van der Waals surface area contributed by atoms with Gasteiger partial charge < -0.3 is 5.73 Å². The van der Waals surface area contributed by atoms with E-state index in [1.54, 1.807) is 0 Å². The average molecular weight is 258 g/mol. The number of halogens is 1. The Bertz CT molecular complexity index is 492. The van der Waals surface area contributed by atoms with Gasteiger partial charge in [0.25, 0.3) is 0 Å². The summed E-state index contributed by atoms with van der Waals surface area (Å²) in [6, 6.07) is 3.32. The van der Waals surface area contributed by atoms with Crippen LogP contribution >= 0.6 is 0 Å². The number of benzene rings is 1. The van der Waals surface area contributed by atoms with E-state index >= 15 is 0 Å². The molecule has 17 heavy (non-hydrogen) atoms. The van der Waals surface area contributed by atoms with Gasteiger partial charge in [0.1, 0.15) is 5.82 Å². The minimum Gasteiger partial charge on any atom is -0.399 e. The van der Waals surface area contributed by atoms with Crippen LogP contribution in [0.2, 0.25) is 0 Å². The van der Waals surface area contributed by atoms with Crippen molar-refractivity contribution in [3.63, 3.8) is 0 Å². The molecule has 1 saturated carbocycles. The quantitative estimate of drug-likeness (QED) is 0.804. The fourth-order valence-electron chi connectivity index (χ4n) is 1.75. The standard InChI is InChI=1S/C11H15FN2O2S/c12-9-4-10(13)6-11(5-9)17(15,16)14-7-8-2-1-3-8/h4-6,8,14H,1-3,7,13H2. The highest BCUT2D eigenvalue weighted by atomic mass is 32.2. The van der Waals surface area contributed by atoms with Crippen LogP contribution in [0.25, 0.3) is 0 Å². The SMILES string of the molecule is Nc1cc(F)cc(S(=O)(=O)NCC2CCC2)c1. The van der Waals surface area contributed by atoms with Gasteiger partial charge in [0, 0.05) is 12.2 Å². The molecular weight excluding hydrogens is 243 g/mol. The van der Waals surface area contributed by atoms with E-state index in [-0.39, 0.29) is 10.6 Å². The second-order valence-corrected chi connectivity index (χ2v) is 6.14. The molecular formula is C11H15FN2O2S. The van der Waals surface area contributed by atoms with Gasteiger partial charge in [-0.05, 0) is 37.0 Å². The summed E-state index contributed by atoms with van der Waals surface area (Å²) in [4.78, 5) is -0.116. The summed E-state index contributed by atoms with van der Waals surface area (Å²) in [5.41, 5.74) is 5.52. The molecule has 0 unspecified atom stereocenters. The zero-order valence-electron chi connectivity index (χ0n) is 9.32. The van der Waals surface area contributed by atoms with Crippen LogP contribution in [0.15, 0.2) is 23.1 Å². The molecule has 0 bridgehead atoms. The molecule has 3 N–H and O–H groups in total. The molecule has 0 radical (unpaired) electrons. The van der Waals surface area contributed by atoms with E-state index in [1.807, 2.05) is 0 Å². The number of nitrogens with one attached hydrogen (secondary N) is 1. The normalized spacial score (nSPS) is 16.8. The van der Waals surface area contributed by atoms with Gasteiger partial charge in [0.15, 0.2) is 0 Å². The van der Waals surface area contributed by atoms with Gasteiger partial charge in [0.05, 0.1) is 4.90 Å². The van der Waals surface area contributed by atoms with Crippen LogP contribution in [0.4, 0.5) is 10.1 Å². The molecule has 0 saturated heterocycles. The summed E-state index contributed by atoms with van der Waals surface area (Å²) in [5.74, 6) is -0.232. The van der Waals surface area contributed by atoms with Gasteiger partial charge >= 0.3 is 0 Å². The average Bonchev–Trinajstić information content (AvgIpc) is 2.13. The predicted octanol–water partition coefficient (Wildman–Crippen LogP) is 1.49. The Morgan fingerprint density at radius 1 is 1.35 bits per heavy atom. The topological polar surface area (TPSA) is 72.2 Å². The van der Waals surface area contributed by atoms with E-state index in [4.69, 9.17) is 5.73 Å². The Morgan fingerprint density at radius 3 is 2.59 bits per heavy atom. The van der Waals surface area contributed by atoms with Crippen molar-refractivity contribution in [2.24, 2.45) is 5.92 Å². The van der Waals surface area contributed by atoms with E-state index in [1.165, 1.54) is 6.07 Å². The molecule has 6 heteroatoms.